The zero-order valence-corrected chi connectivity index (χ0v) is 9.96. The minimum Gasteiger partial charge on any atom is -0.303 e. The molecule has 0 spiro atoms. The summed E-state index contributed by atoms with van der Waals surface area (Å²) in [6.45, 7) is 1.49. The molecule has 0 N–H and O–H groups in total. The van der Waals surface area contributed by atoms with Crippen LogP contribution in [-0.4, -0.2) is 18.4 Å². The molecule has 0 amide bonds. The number of rotatable bonds is 4. The fraction of sp³-hybridized carbons (Fsp3) is 0.385. The highest BCUT2D eigenvalue weighted by molar-refractivity contribution is 5.77. The van der Waals surface area contributed by atoms with E-state index in [0.717, 1.165) is 11.8 Å². The molecular formula is C13H13NO4. The van der Waals surface area contributed by atoms with Crippen LogP contribution >= 0.6 is 0 Å². The van der Waals surface area contributed by atoms with E-state index in [4.69, 9.17) is 19.8 Å². The van der Waals surface area contributed by atoms with Crippen LogP contribution in [0.3, 0.4) is 0 Å². The molecular weight excluding hydrogens is 234 g/mol. The summed E-state index contributed by atoms with van der Waals surface area (Å²) in [6.07, 6.45) is 1.36. The summed E-state index contributed by atoms with van der Waals surface area (Å²) < 4.78 is 5.30. The van der Waals surface area contributed by atoms with E-state index in [1.165, 1.54) is 6.92 Å². The van der Waals surface area contributed by atoms with Crippen LogP contribution in [-0.2, 0) is 20.9 Å². The molecule has 1 aromatic rings. The highest BCUT2D eigenvalue weighted by atomic mass is 17.3. The van der Waals surface area contributed by atoms with E-state index in [1.807, 2.05) is 24.3 Å². The van der Waals surface area contributed by atoms with E-state index in [9.17, 15) is 4.79 Å². The lowest BCUT2D eigenvalue weighted by molar-refractivity contribution is -0.311. The maximum atomic E-state index is 10.8. The Morgan fingerprint density at radius 2 is 2.28 bits per heavy atom. The van der Waals surface area contributed by atoms with E-state index in [2.05, 4.69) is 0 Å². The van der Waals surface area contributed by atoms with Gasteiger partial charge >= 0.3 is 0 Å². The van der Waals surface area contributed by atoms with Gasteiger partial charge in [-0.2, -0.15) is 10.1 Å². The van der Waals surface area contributed by atoms with Crippen LogP contribution < -0.4 is 0 Å². The van der Waals surface area contributed by atoms with Gasteiger partial charge in [0, 0.05) is 18.9 Å². The summed E-state index contributed by atoms with van der Waals surface area (Å²) in [5.74, 6) is -1.34. The van der Waals surface area contributed by atoms with Gasteiger partial charge in [0.25, 0.3) is 5.79 Å². The van der Waals surface area contributed by atoms with Gasteiger partial charge in [-0.05, 0) is 12.0 Å². The molecule has 0 aliphatic carbocycles. The van der Waals surface area contributed by atoms with Crippen molar-refractivity contribution in [3.63, 3.8) is 0 Å². The number of ether oxygens (including phenoxy) is 1. The van der Waals surface area contributed by atoms with Crippen LogP contribution in [0.2, 0.25) is 0 Å². The smallest absolute Gasteiger partial charge is 0.288 e. The lowest BCUT2D eigenvalue weighted by Crippen LogP contribution is -2.24. The number of carbonyl (C=O) groups excluding carboxylic acids is 1. The van der Waals surface area contributed by atoms with Crippen LogP contribution in [0.15, 0.2) is 24.3 Å². The van der Waals surface area contributed by atoms with Gasteiger partial charge in [-0.3, -0.25) is 4.79 Å². The van der Waals surface area contributed by atoms with Crippen molar-refractivity contribution in [3.05, 3.63) is 35.4 Å². The van der Waals surface area contributed by atoms with Gasteiger partial charge in [0.05, 0.1) is 0 Å². The monoisotopic (exact) mass is 247 g/mol. The molecule has 5 nitrogen and oxygen atoms in total. The molecule has 0 radical (unpaired) electrons. The average molecular weight is 247 g/mol. The normalized spacial score (nSPS) is 26.8. The minimum atomic E-state index is -1.34. The van der Waals surface area contributed by atoms with E-state index in [0.29, 0.717) is 18.4 Å². The third kappa shape index (κ3) is 2.74. The quantitative estimate of drug-likeness (QED) is 0.601. The lowest BCUT2D eigenvalue weighted by Gasteiger charge is -2.10. The molecule has 1 heterocycles. The summed E-state index contributed by atoms with van der Waals surface area (Å²) in [6, 6.07) is 9.18. The molecule has 0 saturated carbocycles. The van der Waals surface area contributed by atoms with Crippen LogP contribution in [0.5, 0.6) is 0 Å². The first-order valence-corrected chi connectivity index (χ1v) is 5.63. The maximum absolute atomic E-state index is 10.8. The SMILES string of the molecule is CC1(C#N)OOC(CCc2ccccc2C=O)O1. The highest BCUT2D eigenvalue weighted by Gasteiger charge is 2.39. The Bertz CT molecular complexity index is 482. The summed E-state index contributed by atoms with van der Waals surface area (Å²) in [4.78, 5) is 20.6. The molecule has 1 fully saturated rings. The summed E-state index contributed by atoms with van der Waals surface area (Å²) >= 11 is 0. The Morgan fingerprint density at radius 1 is 1.50 bits per heavy atom. The number of nitrogens with zero attached hydrogens (tertiary/aromatic N) is 1. The largest absolute Gasteiger partial charge is 0.303 e. The molecule has 2 unspecified atom stereocenters. The maximum Gasteiger partial charge on any atom is 0.288 e. The average Bonchev–Trinajstić information content (AvgIpc) is 2.79. The molecule has 2 atom stereocenters. The molecule has 18 heavy (non-hydrogen) atoms. The first-order chi connectivity index (χ1) is 8.67. The molecule has 1 aromatic carbocycles. The van der Waals surface area contributed by atoms with Crippen molar-refractivity contribution in [2.24, 2.45) is 0 Å². The van der Waals surface area contributed by atoms with Crippen LogP contribution in [0.1, 0.15) is 29.3 Å². The molecule has 5 heteroatoms. The second-order valence-corrected chi connectivity index (χ2v) is 4.14. The van der Waals surface area contributed by atoms with Gasteiger partial charge in [0.1, 0.15) is 12.4 Å². The van der Waals surface area contributed by atoms with Crippen molar-refractivity contribution in [1.82, 2.24) is 0 Å². The molecule has 1 saturated heterocycles. The van der Waals surface area contributed by atoms with Gasteiger partial charge in [0.2, 0.25) is 0 Å². The number of hydrogen-bond donors (Lipinski definition) is 0. The van der Waals surface area contributed by atoms with Crippen LogP contribution in [0.25, 0.3) is 0 Å². The first-order valence-electron chi connectivity index (χ1n) is 5.63. The van der Waals surface area contributed by atoms with Crippen molar-refractivity contribution in [1.29, 1.82) is 5.26 Å². The number of aldehydes is 1. The highest BCUT2D eigenvalue weighted by Crippen LogP contribution is 2.26. The van der Waals surface area contributed by atoms with E-state index >= 15 is 0 Å². The zero-order chi connectivity index (χ0) is 13.0. The summed E-state index contributed by atoms with van der Waals surface area (Å²) in [7, 11) is 0. The number of benzene rings is 1. The standard InChI is InChI=1S/C13H13NO4/c1-13(9-14)16-12(17-18-13)7-6-10-4-2-3-5-11(10)8-15/h2-5,8,12H,6-7H2,1H3. The first kappa shape index (κ1) is 12.7. The van der Waals surface area contributed by atoms with Gasteiger partial charge in [-0.15, -0.1) is 0 Å². The third-order valence-corrected chi connectivity index (χ3v) is 2.71. The fourth-order valence-electron chi connectivity index (χ4n) is 1.74. The minimum absolute atomic E-state index is 0.516. The second-order valence-electron chi connectivity index (χ2n) is 4.14. The van der Waals surface area contributed by atoms with Crippen molar-refractivity contribution in [2.75, 3.05) is 0 Å². The molecule has 1 aliphatic heterocycles. The Morgan fingerprint density at radius 3 is 2.94 bits per heavy atom. The third-order valence-electron chi connectivity index (χ3n) is 2.71. The van der Waals surface area contributed by atoms with E-state index < -0.39 is 12.1 Å². The number of hydrogen-bond acceptors (Lipinski definition) is 5. The second kappa shape index (κ2) is 5.27. The Kier molecular flexibility index (Phi) is 3.72. The molecule has 1 aliphatic rings. The van der Waals surface area contributed by atoms with Crippen LogP contribution in [0.4, 0.5) is 0 Å². The van der Waals surface area contributed by atoms with E-state index in [1.54, 1.807) is 6.07 Å². The van der Waals surface area contributed by atoms with Gasteiger partial charge in [-0.25, -0.2) is 4.89 Å². The topological polar surface area (TPSA) is 68.5 Å². The fourth-order valence-corrected chi connectivity index (χ4v) is 1.74. The van der Waals surface area contributed by atoms with Gasteiger partial charge in [-0.1, -0.05) is 24.3 Å². The number of carbonyl (C=O) groups is 1. The predicted octanol–water partition coefficient (Wildman–Crippen LogP) is 1.98. The molecule has 2 rings (SSSR count). The molecule has 94 valence electrons. The van der Waals surface area contributed by atoms with Crippen molar-refractivity contribution in [3.8, 4) is 6.07 Å². The Balaban J connectivity index is 1.93. The van der Waals surface area contributed by atoms with Crippen molar-refractivity contribution in [2.45, 2.75) is 31.8 Å². The Hall–Kier alpha value is -1.74. The molecule has 0 aromatic heterocycles. The lowest BCUT2D eigenvalue weighted by atomic mass is 10.0. The zero-order valence-electron chi connectivity index (χ0n) is 9.96. The Labute approximate surface area is 105 Å². The van der Waals surface area contributed by atoms with E-state index in [-0.39, 0.29) is 0 Å². The summed E-state index contributed by atoms with van der Waals surface area (Å²) in [5.41, 5.74) is 1.57. The van der Waals surface area contributed by atoms with Gasteiger partial charge < -0.3 is 4.74 Å². The number of nitriles is 1. The van der Waals surface area contributed by atoms with Crippen molar-refractivity contribution < 1.29 is 19.3 Å². The van der Waals surface area contributed by atoms with Crippen molar-refractivity contribution >= 4 is 6.29 Å². The number of aryl methyl sites for hydroxylation is 1. The predicted molar refractivity (Wildman–Crippen MR) is 61.2 cm³/mol. The molecule has 0 bridgehead atoms. The van der Waals surface area contributed by atoms with Gasteiger partial charge in [0.15, 0.2) is 6.29 Å². The summed E-state index contributed by atoms with van der Waals surface area (Å²) in [5, 5.41) is 8.78. The van der Waals surface area contributed by atoms with Crippen LogP contribution in [0, 0.1) is 11.3 Å².